The Morgan fingerprint density at radius 1 is 1.23 bits per heavy atom. The standard InChI is InChI=1S/C9H7ClS3/c10-8-4-3-7(13-8)9(11)6-2-1-5-12-6/h1-5,9,11H. The highest BCUT2D eigenvalue weighted by molar-refractivity contribution is 7.81. The molecule has 0 fully saturated rings. The zero-order chi connectivity index (χ0) is 9.26. The maximum atomic E-state index is 5.85. The lowest BCUT2D eigenvalue weighted by atomic mass is 10.3. The van der Waals surface area contributed by atoms with E-state index < -0.39 is 0 Å². The van der Waals surface area contributed by atoms with Gasteiger partial charge in [0, 0.05) is 9.75 Å². The van der Waals surface area contributed by atoms with Crippen molar-refractivity contribution in [1.29, 1.82) is 0 Å². The van der Waals surface area contributed by atoms with Crippen LogP contribution < -0.4 is 0 Å². The predicted molar refractivity (Wildman–Crippen MR) is 64.5 cm³/mol. The molecule has 0 saturated carbocycles. The number of hydrogen-bond acceptors (Lipinski definition) is 3. The largest absolute Gasteiger partial charge is 0.165 e. The SMILES string of the molecule is SC(c1cccs1)c1ccc(Cl)s1. The molecule has 0 aliphatic carbocycles. The lowest BCUT2D eigenvalue weighted by molar-refractivity contribution is 1.27. The molecule has 0 bridgehead atoms. The average Bonchev–Trinajstić information content (AvgIpc) is 2.72. The molecule has 2 rings (SSSR count). The third kappa shape index (κ3) is 2.10. The molecule has 0 nitrogen and oxygen atoms in total. The fourth-order valence-electron chi connectivity index (χ4n) is 1.06. The van der Waals surface area contributed by atoms with E-state index in [1.807, 2.05) is 18.2 Å². The van der Waals surface area contributed by atoms with Gasteiger partial charge in [0.1, 0.15) is 0 Å². The zero-order valence-electron chi connectivity index (χ0n) is 6.61. The van der Waals surface area contributed by atoms with E-state index in [0.29, 0.717) is 0 Å². The molecule has 0 spiro atoms. The number of thiol groups is 1. The Morgan fingerprint density at radius 3 is 2.62 bits per heavy atom. The second-order valence-corrected chi connectivity index (χ2v) is 5.80. The minimum absolute atomic E-state index is 0.178. The van der Waals surface area contributed by atoms with Gasteiger partial charge >= 0.3 is 0 Å². The van der Waals surface area contributed by atoms with Crippen molar-refractivity contribution in [1.82, 2.24) is 0 Å². The molecule has 2 heterocycles. The fraction of sp³-hybridized carbons (Fsp3) is 0.111. The van der Waals surface area contributed by atoms with Gasteiger partial charge in [0.25, 0.3) is 0 Å². The Kier molecular flexibility index (Phi) is 2.99. The van der Waals surface area contributed by atoms with Crippen molar-refractivity contribution in [3.05, 3.63) is 43.7 Å². The summed E-state index contributed by atoms with van der Waals surface area (Å²) in [4.78, 5) is 2.47. The van der Waals surface area contributed by atoms with E-state index in [1.54, 1.807) is 22.7 Å². The number of halogens is 1. The normalized spacial score (nSPS) is 13.1. The molecular weight excluding hydrogens is 240 g/mol. The highest BCUT2D eigenvalue weighted by Gasteiger charge is 2.11. The van der Waals surface area contributed by atoms with Crippen molar-refractivity contribution in [3.8, 4) is 0 Å². The van der Waals surface area contributed by atoms with Crippen LogP contribution in [0.4, 0.5) is 0 Å². The Balaban J connectivity index is 2.28. The molecule has 0 aliphatic heterocycles. The van der Waals surface area contributed by atoms with Gasteiger partial charge in [-0.05, 0) is 23.6 Å². The van der Waals surface area contributed by atoms with E-state index in [1.165, 1.54) is 9.75 Å². The second-order valence-electron chi connectivity index (χ2n) is 2.56. The van der Waals surface area contributed by atoms with Gasteiger partial charge in [0.05, 0.1) is 9.59 Å². The summed E-state index contributed by atoms with van der Waals surface area (Å²) in [5.74, 6) is 0. The van der Waals surface area contributed by atoms with E-state index >= 15 is 0 Å². The quantitative estimate of drug-likeness (QED) is 0.742. The first-order chi connectivity index (χ1) is 6.27. The van der Waals surface area contributed by atoms with E-state index in [4.69, 9.17) is 11.6 Å². The Bertz CT molecular complexity index is 377. The molecule has 2 aromatic rings. The van der Waals surface area contributed by atoms with Gasteiger partial charge < -0.3 is 0 Å². The molecule has 0 N–H and O–H groups in total. The van der Waals surface area contributed by atoms with Gasteiger partial charge in [0.15, 0.2) is 0 Å². The fourth-order valence-corrected chi connectivity index (χ4v) is 3.44. The van der Waals surface area contributed by atoms with Gasteiger partial charge in [0.2, 0.25) is 0 Å². The van der Waals surface area contributed by atoms with Crippen LogP contribution in [-0.2, 0) is 0 Å². The van der Waals surface area contributed by atoms with Crippen LogP contribution in [0.2, 0.25) is 4.34 Å². The van der Waals surface area contributed by atoms with Crippen LogP contribution in [0.25, 0.3) is 0 Å². The maximum absolute atomic E-state index is 5.85. The van der Waals surface area contributed by atoms with Crippen LogP contribution in [0.3, 0.4) is 0 Å². The van der Waals surface area contributed by atoms with E-state index in [2.05, 4.69) is 24.1 Å². The van der Waals surface area contributed by atoms with Crippen LogP contribution in [0.15, 0.2) is 29.6 Å². The minimum atomic E-state index is 0.178. The summed E-state index contributed by atoms with van der Waals surface area (Å²) in [6.45, 7) is 0. The first-order valence-electron chi connectivity index (χ1n) is 3.74. The predicted octanol–water partition coefficient (Wildman–Crippen LogP) is 4.48. The van der Waals surface area contributed by atoms with Crippen LogP contribution >= 0.6 is 46.9 Å². The monoisotopic (exact) mass is 246 g/mol. The molecule has 0 saturated heterocycles. The van der Waals surface area contributed by atoms with Gasteiger partial charge in [-0.3, -0.25) is 0 Å². The molecule has 1 atom stereocenters. The summed E-state index contributed by atoms with van der Waals surface area (Å²) in [5, 5.41) is 2.24. The first kappa shape index (κ1) is 9.59. The molecule has 13 heavy (non-hydrogen) atoms. The van der Waals surface area contributed by atoms with Gasteiger partial charge in [-0.2, -0.15) is 12.6 Å². The molecule has 2 aromatic heterocycles. The van der Waals surface area contributed by atoms with Crippen molar-refractivity contribution in [2.75, 3.05) is 0 Å². The van der Waals surface area contributed by atoms with Crippen molar-refractivity contribution in [3.63, 3.8) is 0 Å². The molecule has 1 unspecified atom stereocenters. The van der Waals surface area contributed by atoms with Crippen LogP contribution in [0.5, 0.6) is 0 Å². The number of rotatable bonds is 2. The maximum Gasteiger partial charge on any atom is 0.0931 e. The van der Waals surface area contributed by atoms with Crippen molar-refractivity contribution in [2.45, 2.75) is 5.25 Å². The Hall–Kier alpha value is 0.0400. The summed E-state index contributed by atoms with van der Waals surface area (Å²) in [6.07, 6.45) is 0. The highest BCUT2D eigenvalue weighted by Crippen LogP contribution is 2.36. The summed E-state index contributed by atoms with van der Waals surface area (Å²) in [5.41, 5.74) is 0. The van der Waals surface area contributed by atoms with E-state index in [-0.39, 0.29) is 5.25 Å². The van der Waals surface area contributed by atoms with Crippen LogP contribution in [0, 0.1) is 0 Å². The molecule has 68 valence electrons. The minimum Gasteiger partial charge on any atom is -0.165 e. The van der Waals surface area contributed by atoms with E-state index in [0.717, 1.165) is 4.34 Å². The smallest absolute Gasteiger partial charge is 0.0931 e. The van der Waals surface area contributed by atoms with Crippen LogP contribution in [0.1, 0.15) is 15.0 Å². The van der Waals surface area contributed by atoms with E-state index in [9.17, 15) is 0 Å². The first-order valence-corrected chi connectivity index (χ1v) is 6.33. The average molecular weight is 247 g/mol. The summed E-state index contributed by atoms with van der Waals surface area (Å²) < 4.78 is 0.825. The number of hydrogen-bond donors (Lipinski definition) is 1. The van der Waals surface area contributed by atoms with Crippen molar-refractivity contribution in [2.24, 2.45) is 0 Å². The molecular formula is C9H7ClS3. The van der Waals surface area contributed by atoms with Crippen LogP contribution in [-0.4, -0.2) is 0 Å². The van der Waals surface area contributed by atoms with Gasteiger partial charge in [-0.1, -0.05) is 17.7 Å². The van der Waals surface area contributed by atoms with Gasteiger partial charge in [-0.15, -0.1) is 22.7 Å². The Labute approximate surface area is 95.6 Å². The highest BCUT2D eigenvalue weighted by atomic mass is 35.5. The topological polar surface area (TPSA) is 0 Å². The second kappa shape index (κ2) is 4.05. The Morgan fingerprint density at radius 2 is 2.08 bits per heavy atom. The van der Waals surface area contributed by atoms with Gasteiger partial charge in [-0.25, -0.2) is 0 Å². The van der Waals surface area contributed by atoms with Crippen molar-refractivity contribution < 1.29 is 0 Å². The third-order valence-corrected chi connectivity index (χ3v) is 4.82. The number of thiophene rings is 2. The lowest BCUT2D eigenvalue weighted by Crippen LogP contribution is -1.83. The zero-order valence-corrected chi connectivity index (χ0v) is 9.89. The molecule has 4 heteroatoms. The molecule has 0 aromatic carbocycles. The molecule has 0 amide bonds. The summed E-state index contributed by atoms with van der Waals surface area (Å²) in [7, 11) is 0. The molecule has 0 aliphatic rings. The summed E-state index contributed by atoms with van der Waals surface area (Å²) >= 11 is 13.7. The summed E-state index contributed by atoms with van der Waals surface area (Å²) in [6, 6.07) is 8.08. The van der Waals surface area contributed by atoms with Crippen molar-refractivity contribution >= 4 is 46.9 Å². The third-order valence-electron chi connectivity index (χ3n) is 1.68. The molecule has 0 radical (unpaired) electrons. The lowest BCUT2D eigenvalue weighted by Gasteiger charge is -2.03.